The molecule has 0 saturated heterocycles. The second kappa shape index (κ2) is 8.45. The highest BCUT2D eigenvalue weighted by molar-refractivity contribution is 7.85. The van der Waals surface area contributed by atoms with Gasteiger partial charge in [0.1, 0.15) is 0 Å². The molecule has 0 spiro atoms. The maximum Gasteiger partial charge on any atom is 0.241 e. The second-order valence-electron chi connectivity index (χ2n) is 4.88. The minimum absolute atomic E-state index is 0.265. The van der Waals surface area contributed by atoms with Crippen molar-refractivity contribution in [1.29, 1.82) is 0 Å². The van der Waals surface area contributed by atoms with Crippen LogP contribution in [0.25, 0.3) is 0 Å². The van der Waals surface area contributed by atoms with E-state index in [0.29, 0.717) is 27.0 Å². The molecule has 0 radical (unpaired) electrons. The summed E-state index contributed by atoms with van der Waals surface area (Å²) >= 11 is 11.7. The second-order valence-corrected chi connectivity index (χ2v) is 7.26. The van der Waals surface area contributed by atoms with Crippen molar-refractivity contribution in [3.8, 4) is 0 Å². The summed E-state index contributed by atoms with van der Waals surface area (Å²) in [5.74, 6) is -0.0382. The zero-order valence-electron chi connectivity index (χ0n) is 12.2. The SMILES string of the molecule is NC(CCS(=O)c1ccc(Cl)c(Cl)c1)C(=O)Nc1ccccc1. The number of benzene rings is 2. The first kappa shape index (κ1) is 17.9. The number of hydrogen-bond acceptors (Lipinski definition) is 3. The molecule has 122 valence electrons. The van der Waals surface area contributed by atoms with E-state index in [4.69, 9.17) is 28.9 Å². The van der Waals surface area contributed by atoms with Crippen LogP contribution in [-0.2, 0) is 15.6 Å². The van der Waals surface area contributed by atoms with Gasteiger partial charge < -0.3 is 11.1 Å². The van der Waals surface area contributed by atoms with E-state index >= 15 is 0 Å². The molecule has 3 N–H and O–H groups in total. The summed E-state index contributed by atoms with van der Waals surface area (Å²) in [7, 11) is -1.29. The summed E-state index contributed by atoms with van der Waals surface area (Å²) < 4.78 is 12.2. The molecule has 0 bridgehead atoms. The molecular weight excluding hydrogens is 355 g/mol. The van der Waals surface area contributed by atoms with E-state index in [2.05, 4.69) is 5.32 Å². The smallest absolute Gasteiger partial charge is 0.241 e. The van der Waals surface area contributed by atoms with E-state index in [9.17, 15) is 9.00 Å². The third-order valence-electron chi connectivity index (χ3n) is 3.15. The minimum atomic E-state index is -1.29. The standard InChI is InChI=1S/C16H16Cl2N2O2S/c17-13-7-6-12(10-14(13)18)23(22)9-8-15(19)16(21)20-11-4-2-1-3-5-11/h1-7,10,15H,8-9,19H2,(H,20,21). The topological polar surface area (TPSA) is 72.2 Å². The van der Waals surface area contributed by atoms with Gasteiger partial charge in [-0.1, -0.05) is 41.4 Å². The van der Waals surface area contributed by atoms with Gasteiger partial charge in [0, 0.05) is 16.3 Å². The number of halogens is 2. The van der Waals surface area contributed by atoms with Gasteiger partial charge >= 0.3 is 0 Å². The maximum atomic E-state index is 12.2. The number of carbonyl (C=O) groups is 1. The minimum Gasteiger partial charge on any atom is -0.325 e. The molecule has 1 amide bonds. The third-order valence-corrected chi connectivity index (χ3v) is 5.27. The molecule has 0 fully saturated rings. The van der Waals surface area contributed by atoms with Gasteiger partial charge in [0.25, 0.3) is 0 Å². The number of hydrogen-bond donors (Lipinski definition) is 2. The summed E-state index contributed by atoms with van der Waals surface area (Å²) in [6.45, 7) is 0. The zero-order chi connectivity index (χ0) is 16.8. The van der Waals surface area contributed by atoms with E-state index in [1.54, 1.807) is 30.3 Å². The van der Waals surface area contributed by atoms with Crippen molar-refractivity contribution in [3.05, 3.63) is 58.6 Å². The predicted molar refractivity (Wildman–Crippen MR) is 95.4 cm³/mol. The van der Waals surface area contributed by atoms with Crippen LogP contribution in [0.5, 0.6) is 0 Å². The quantitative estimate of drug-likeness (QED) is 0.817. The fraction of sp³-hybridized carbons (Fsp3) is 0.188. The van der Waals surface area contributed by atoms with E-state index in [1.807, 2.05) is 18.2 Å². The Labute approximate surface area is 147 Å². The molecule has 2 aromatic rings. The molecule has 0 saturated carbocycles. The lowest BCUT2D eigenvalue weighted by Crippen LogP contribution is -2.36. The molecule has 2 rings (SSSR count). The molecule has 0 aliphatic carbocycles. The molecule has 2 aromatic carbocycles. The average molecular weight is 371 g/mol. The summed E-state index contributed by atoms with van der Waals surface area (Å²) in [6.07, 6.45) is 0.297. The maximum absolute atomic E-state index is 12.2. The number of anilines is 1. The van der Waals surface area contributed by atoms with Crippen LogP contribution in [0.15, 0.2) is 53.4 Å². The Morgan fingerprint density at radius 1 is 1.13 bits per heavy atom. The number of rotatable bonds is 6. The first-order valence-electron chi connectivity index (χ1n) is 6.92. The van der Waals surface area contributed by atoms with Crippen molar-refractivity contribution in [1.82, 2.24) is 0 Å². The molecule has 2 unspecified atom stereocenters. The Morgan fingerprint density at radius 3 is 2.48 bits per heavy atom. The molecule has 0 aromatic heterocycles. The van der Waals surface area contributed by atoms with Crippen LogP contribution in [0, 0.1) is 0 Å². The van der Waals surface area contributed by atoms with Gasteiger partial charge in [0.05, 0.1) is 26.9 Å². The summed E-state index contributed by atoms with van der Waals surface area (Å²) in [5, 5.41) is 3.48. The summed E-state index contributed by atoms with van der Waals surface area (Å²) in [5.41, 5.74) is 6.53. The molecule has 7 heteroatoms. The Hall–Kier alpha value is -1.40. The lowest BCUT2D eigenvalue weighted by Gasteiger charge is -2.12. The van der Waals surface area contributed by atoms with Crippen LogP contribution in [-0.4, -0.2) is 21.9 Å². The van der Waals surface area contributed by atoms with E-state index in [1.165, 1.54) is 0 Å². The van der Waals surface area contributed by atoms with Crippen LogP contribution in [0.3, 0.4) is 0 Å². The van der Waals surface area contributed by atoms with Crippen molar-refractivity contribution in [3.63, 3.8) is 0 Å². The fourth-order valence-electron chi connectivity index (χ4n) is 1.86. The molecule has 23 heavy (non-hydrogen) atoms. The average Bonchev–Trinajstić information content (AvgIpc) is 2.55. The van der Waals surface area contributed by atoms with Crippen LogP contribution in [0.2, 0.25) is 10.0 Å². The van der Waals surface area contributed by atoms with Gasteiger partial charge in [-0.15, -0.1) is 0 Å². The third kappa shape index (κ3) is 5.32. The molecule has 2 atom stereocenters. The lowest BCUT2D eigenvalue weighted by molar-refractivity contribution is -0.117. The molecule has 0 heterocycles. The largest absolute Gasteiger partial charge is 0.325 e. The Kier molecular flexibility index (Phi) is 6.59. The van der Waals surface area contributed by atoms with Gasteiger partial charge in [-0.3, -0.25) is 9.00 Å². The van der Waals surface area contributed by atoms with Crippen LogP contribution in [0.1, 0.15) is 6.42 Å². The van der Waals surface area contributed by atoms with Gasteiger partial charge in [-0.05, 0) is 36.8 Å². The van der Waals surface area contributed by atoms with Gasteiger partial charge in [0.2, 0.25) is 5.91 Å². The number of nitrogens with one attached hydrogen (secondary N) is 1. The molecule has 0 aliphatic heterocycles. The van der Waals surface area contributed by atoms with Gasteiger partial charge in [0.15, 0.2) is 0 Å². The van der Waals surface area contributed by atoms with Crippen LogP contribution < -0.4 is 11.1 Å². The highest BCUT2D eigenvalue weighted by Gasteiger charge is 2.16. The van der Waals surface area contributed by atoms with E-state index in [0.717, 1.165) is 0 Å². The number of carbonyl (C=O) groups excluding carboxylic acids is 1. The van der Waals surface area contributed by atoms with E-state index < -0.39 is 16.8 Å². The van der Waals surface area contributed by atoms with Crippen molar-refractivity contribution in [2.24, 2.45) is 5.73 Å². The highest BCUT2D eigenvalue weighted by Crippen LogP contribution is 2.24. The molecule has 4 nitrogen and oxygen atoms in total. The zero-order valence-corrected chi connectivity index (χ0v) is 14.5. The van der Waals surface area contributed by atoms with Crippen molar-refractivity contribution in [2.45, 2.75) is 17.4 Å². The highest BCUT2D eigenvalue weighted by atomic mass is 35.5. The number of nitrogens with two attached hydrogens (primary N) is 1. The van der Waals surface area contributed by atoms with Gasteiger partial charge in [-0.25, -0.2) is 0 Å². The van der Waals surface area contributed by atoms with Crippen LogP contribution >= 0.6 is 23.2 Å². The predicted octanol–water partition coefficient (Wildman–Crippen LogP) is 3.46. The van der Waals surface area contributed by atoms with Gasteiger partial charge in [-0.2, -0.15) is 0 Å². The summed E-state index contributed by atoms with van der Waals surface area (Å²) in [6, 6.07) is 13.1. The Balaban J connectivity index is 1.88. The monoisotopic (exact) mass is 370 g/mol. The lowest BCUT2D eigenvalue weighted by atomic mass is 10.2. The van der Waals surface area contributed by atoms with Crippen molar-refractivity contribution >= 4 is 45.6 Å². The normalized spacial score (nSPS) is 13.3. The first-order valence-corrected chi connectivity index (χ1v) is 9.00. The number of amides is 1. The number of para-hydroxylation sites is 1. The van der Waals surface area contributed by atoms with Crippen molar-refractivity contribution < 1.29 is 9.00 Å². The first-order chi connectivity index (χ1) is 11.0. The van der Waals surface area contributed by atoms with Crippen molar-refractivity contribution in [2.75, 3.05) is 11.1 Å². The fourth-order valence-corrected chi connectivity index (χ4v) is 3.39. The Morgan fingerprint density at radius 2 is 1.83 bits per heavy atom. The molecular formula is C16H16Cl2N2O2S. The Bertz CT molecular complexity index is 710. The van der Waals surface area contributed by atoms with E-state index in [-0.39, 0.29) is 11.7 Å². The van der Waals surface area contributed by atoms with Crippen LogP contribution in [0.4, 0.5) is 5.69 Å². The molecule has 0 aliphatic rings. The summed E-state index contributed by atoms with van der Waals surface area (Å²) in [4.78, 5) is 12.6.